The van der Waals surface area contributed by atoms with Gasteiger partial charge in [-0.25, -0.2) is 0 Å². The fourth-order valence-corrected chi connectivity index (χ4v) is 3.30. The molecule has 0 radical (unpaired) electrons. The Morgan fingerprint density at radius 1 is 1.13 bits per heavy atom. The quantitative estimate of drug-likeness (QED) is 0.704. The lowest BCUT2D eigenvalue weighted by atomic mass is 9.67. The molecule has 0 bridgehead atoms. The highest BCUT2D eigenvalue weighted by Crippen LogP contribution is 2.47. The van der Waals surface area contributed by atoms with Crippen LogP contribution in [0.3, 0.4) is 0 Å². The molecule has 1 nitrogen and oxygen atoms in total. The van der Waals surface area contributed by atoms with Crippen LogP contribution in [0, 0.1) is 17.3 Å². The molecule has 0 aromatic carbocycles. The molecule has 3 fully saturated rings. The van der Waals surface area contributed by atoms with Crippen LogP contribution < -0.4 is 5.32 Å². The summed E-state index contributed by atoms with van der Waals surface area (Å²) < 4.78 is 0. The van der Waals surface area contributed by atoms with Gasteiger partial charge in [-0.15, -0.1) is 0 Å². The molecule has 0 saturated heterocycles. The maximum absolute atomic E-state index is 3.94. The first-order valence-corrected chi connectivity index (χ1v) is 7.06. The molecule has 3 saturated carbocycles. The van der Waals surface area contributed by atoms with E-state index >= 15 is 0 Å². The Morgan fingerprint density at radius 2 is 1.73 bits per heavy atom. The summed E-state index contributed by atoms with van der Waals surface area (Å²) in [5.74, 6) is 2.12. The normalized spacial score (nSPS) is 29.2. The largest absolute Gasteiger partial charge is 0.313 e. The number of nitrogens with one attached hydrogen (secondary N) is 1. The minimum atomic E-state index is 0.710. The van der Waals surface area contributed by atoms with Gasteiger partial charge in [0.05, 0.1) is 0 Å². The summed E-state index contributed by atoms with van der Waals surface area (Å²) in [5, 5.41) is 3.94. The van der Waals surface area contributed by atoms with Crippen LogP contribution in [0.25, 0.3) is 0 Å². The van der Waals surface area contributed by atoms with Gasteiger partial charge in [-0.05, 0) is 62.2 Å². The first-order chi connectivity index (χ1) is 7.33. The molecular formula is C14H25N. The van der Waals surface area contributed by atoms with Gasteiger partial charge < -0.3 is 5.32 Å². The minimum absolute atomic E-state index is 0.710. The van der Waals surface area contributed by atoms with Crippen LogP contribution in [0.1, 0.15) is 58.3 Å². The molecule has 1 N–H and O–H groups in total. The van der Waals surface area contributed by atoms with E-state index in [2.05, 4.69) is 12.2 Å². The molecule has 15 heavy (non-hydrogen) atoms. The monoisotopic (exact) mass is 207 g/mol. The zero-order valence-corrected chi connectivity index (χ0v) is 10.1. The van der Waals surface area contributed by atoms with Gasteiger partial charge in [-0.3, -0.25) is 0 Å². The molecule has 3 aliphatic rings. The lowest BCUT2D eigenvalue weighted by molar-refractivity contribution is 0.115. The third kappa shape index (κ3) is 2.08. The van der Waals surface area contributed by atoms with Crippen LogP contribution in [-0.2, 0) is 0 Å². The Hall–Kier alpha value is -0.0400. The average Bonchev–Trinajstić information content (AvgIpc) is 2.99. The summed E-state index contributed by atoms with van der Waals surface area (Å²) in [5.41, 5.74) is 0.710. The number of hydrogen-bond donors (Lipinski definition) is 1. The summed E-state index contributed by atoms with van der Waals surface area (Å²) in [6, 6.07) is 0.911. The first kappa shape index (κ1) is 10.1. The summed E-state index contributed by atoms with van der Waals surface area (Å²) in [4.78, 5) is 0. The first-order valence-electron chi connectivity index (χ1n) is 7.06. The summed E-state index contributed by atoms with van der Waals surface area (Å²) in [6.07, 6.45) is 11.9. The zero-order chi connectivity index (χ0) is 10.3. The summed E-state index contributed by atoms with van der Waals surface area (Å²) in [6.45, 7) is 3.70. The van der Waals surface area contributed by atoms with E-state index in [0.717, 1.165) is 17.9 Å². The second kappa shape index (κ2) is 3.76. The van der Waals surface area contributed by atoms with Gasteiger partial charge in [-0.1, -0.05) is 13.3 Å². The maximum Gasteiger partial charge on any atom is 0.0124 e. The number of rotatable bonds is 6. The third-order valence-electron chi connectivity index (χ3n) is 5.14. The fraction of sp³-hybridized carbons (Fsp3) is 1.00. The van der Waals surface area contributed by atoms with Gasteiger partial charge in [0.1, 0.15) is 0 Å². The highest BCUT2D eigenvalue weighted by Gasteiger charge is 2.43. The molecule has 3 rings (SSSR count). The number of hydrogen-bond acceptors (Lipinski definition) is 1. The Bertz CT molecular complexity index is 206. The van der Waals surface area contributed by atoms with E-state index in [9.17, 15) is 0 Å². The van der Waals surface area contributed by atoms with E-state index in [1.807, 2.05) is 0 Å². The summed E-state index contributed by atoms with van der Waals surface area (Å²) in [7, 11) is 0. The van der Waals surface area contributed by atoms with Gasteiger partial charge in [0.15, 0.2) is 0 Å². The Balaban J connectivity index is 1.50. The van der Waals surface area contributed by atoms with Crippen molar-refractivity contribution in [2.45, 2.75) is 64.3 Å². The summed E-state index contributed by atoms with van der Waals surface area (Å²) >= 11 is 0. The molecule has 0 atom stereocenters. The predicted molar refractivity (Wildman–Crippen MR) is 63.8 cm³/mol. The van der Waals surface area contributed by atoms with E-state index in [-0.39, 0.29) is 0 Å². The van der Waals surface area contributed by atoms with Crippen molar-refractivity contribution >= 4 is 0 Å². The smallest absolute Gasteiger partial charge is 0.0124 e. The molecule has 0 unspecified atom stereocenters. The molecule has 0 heterocycles. The topological polar surface area (TPSA) is 12.0 Å². The maximum atomic E-state index is 3.94. The molecule has 86 valence electrons. The molecule has 0 aliphatic heterocycles. The van der Waals surface area contributed by atoms with Gasteiger partial charge in [0.2, 0.25) is 0 Å². The zero-order valence-electron chi connectivity index (χ0n) is 10.1. The lowest BCUT2D eigenvalue weighted by Crippen LogP contribution is -2.44. The van der Waals surface area contributed by atoms with E-state index in [1.54, 1.807) is 0 Å². The van der Waals surface area contributed by atoms with Gasteiger partial charge >= 0.3 is 0 Å². The van der Waals surface area contributed by atoms with Crippen molar-refractivity contribution < 1.29 is 0 Å². The van der Waals surface area contributed by atoms with Crippen molar-refractivity contribution in [3.63, 3.8) is 0 Å². The van der Waals surface area contributed by atoms with Crippen molar-refractivity contribution in [3.8, 4) is 0 Å². The van der Waals surface area contributed by atoms with Gasteiger partial charge in [0, 0.05) is 12.6 Å². The lowest BCUT2D eigenvalue weighted by Gasteiger charge is -2.42. The Kier molecular flexibility index (Phi) is 2.54. The van der Waals surface area contributed by atoms with Crippen molar-refractivity contribution in [2.75, 3.05) is 6.54 Å². The van der Waals surface area contributed by atoms with Crippen LogP contribution in [0.15, 0.2) is 0 Å². The second-order valence-electron chi connectivity index (χ2n) is 6.29. The van der Waals surface area contributed by atoms with Crippen molar-refractivity contribution in [1.82, 2.24) is 5.32 Å². The molecular weight excluding hydrogens is 182 g/mol. The van der Waals surface area contributed by atoms with E-state index in [4.69, 9.17) is 0 Å². The van der Waals surface area contributed by atoms with Crippen molar-refractivity contribution in [3.05, 3.63) is 0 Å². The molecule has 0 aromatic rings. The second-order valence-corrected chi connectivity index (χ2v) is 6.29. The van der Waals surface area contributed by atoms with Gasteiger partial charge in [-0.2, -0.15) is 0 Å². The molecule has 0 aromatic heterocycles. The molecule has 1 heteroatoms. The highest BCUT2D eigenvalue weighted by molar-refractivity contribution is 4.98. The Labute approximate surface area is 94.0 Å². The minimum Gasteiger partial charge on any atom is -0.313 e. The molecule has 3 aliphatic carbocycles. The Morgan fingerprint density at radius 3 is 2.07 bits per heavy atom. The average molecular weight is 207 g/mol. The van der Waals surface area contributed by atoms with Crippen LogP contribution >= 0.6 is 0 Å². The van der Waals surface area contributed by atoms with Crippen molar-refractivity contribution in [1.29, 1.82) is 0 Å². The molecule has 0 spiro atoms. The van der Waals surface area contributed by atoms with Gasteiger partial charge in [0.25, 0.3) is 0 Å². The third-order valence-corrected chi connectivity index (χ3v) is 5.14. The highest BCUT2D eigenvalue weighted by atomic mass is 15.0. The predicted octanol–water partition coefficient (Wildman–Crippen LogP) is 3.34. The SMILES string of the molecule is CCC1(CNC(C2CC2)C2CC2)CCC1. The fourth-order valence-electron chi connectivity index (χ4n) is 3.30. The van der Waals surface area contributed by atoms with Crippen molar-refractivity contribution in [2.24, 2.45) is 17.3 Å². The van der Waals surface area contributed by atoms with E-state index in [1.165, 1.54) is 57.9 Å². The van der Waals surface area contributed by atoms with E-state index in [0.29, 0.717) is 5.41 Å². The van der Waals surface area contributed by atoms with Crippen LogP contribution in [0.2, 0.25) is 0 Å². The van der Waals surface area contributed by atoms with Crippen LogP contribution in [0.5, 0.6) is 0 Å². The van der Waals surface area contributed by atoms with E-state index < -0.39 is 0 Å². The van der Waals surface area contributed by atoms with Crippen LogP contribution in [0.4, 0.5) is 0 Å². The van der Waals surface area contributed by atoms with Crippen LogP contribution in [-0.4, -0.2) is 12.6 Å². The standard InChI is InChI=1S/C14H25N/c1-2-14(8-3-9-14)10-15-13(11-4-5-11)12-6-7-12/h11-13,15H,2-10H2,1H3. The molecule has 0 amide bonds.